The molecule has 6 rings (SSSR count). The summed E-state index contributed by atoms with van der Waals surface area (Å²) in [5, 5.41) is 4.91. The largest absolute Gasteiger partial charge is 0.481 e. The molecule has 202 valence electrons. The summed E-state index contributed by atoms with van der Waals surface area (Å²) in [6.45, 7) is 1.99. The highest BCUT2D eigenvalue weighted by Crippen LogP contribution is 2.33. The van der Waals surface area contributed by atoms with E-state index in [4.69, 9.17) is 10.5 Å². The summed E-state index contributed by atoms with van der Waals surface area (Å²) in [4.78, 5) is 31.5. The number of pyridine rings is 3. The average Bonchev–Trinajstić information content (AvgIpc) is 3.01. The first-order valence-corrected chi connectivity index (χ1v) is 13.1. The molecule has 0 aliphatic carbocycles. The Morgan fingerprint density at radius 2 is 1.66 bits per heavy atom. The topological polar surface area (TPSA) is 121 Å². The second-order valence-corrected chi connectivity index (χ2v) is 9.49. The van der Waals surface area contributed by atoms with Crippen molar-refractivity contribution in [2.45, 2.75) is 13.0 Å². The monoisotopic (exact) mass is 541 g/mol. The van der Waals surface area contributed by atoms with Crippen LogP contribution in [-0.4, -0.2) is 31.6 Å². The number of nitrogens with zero attached hydrogens (tertiary/aromatic N) is 5. The number of hydrogen-bond donors (Lipinski definition) is 2. The lowest BCUT2D eigenvalue weighted by molar-refractivity contribution is 0.398. The van der Waals surface area contributed by atoms with Gasteiger partial charge >= 0.3 is 0 Å². The fraction of sp³-hybridized carbons (Fsp3) is 0.0938. The quantitative estimate of drug-likeness (QED) is 0.265. The minimum atomic E-state index is -0.341. The molecule has 0 saturated carbocycles. The van der Waals surface area contributed by atoms with Gasteiger partial charge < -0.3 is 15.8 Å². The fourth-order valence-corrected chi connectivity index (χ4v) is 5.00. The van der Waals surface area contributed by atoms with E-state index in [1.54, 1.807) is 36.5 Å². The lowest BCUT2D eigenvalue weighted by Crippen LogP contribution is -2.26. The Hall–Kier alpha value is -5.57. The summed E-state index contributed by atoms with van der Waals surface area (Å²) in [6, 6.07) is 24.6. The summed E-state index contributed by atoms with van der Waals surface area (Å²) < 4.78 is 7.09. The van der Waals surface area contributed by atoms with Crippen molar-refractivity contribution in [1.82, 2.24) is 24.5 Å². The van der Waals surface area contributed by atoms with Gasteiger partial charge in [-0.3, -0.25) is 14.3 Å². The van der Waals surface area contributed by atoms with Crippen LogP contribution >= 0.6 is 0 Å². The number of nitrogens with one attached hydrogen (secondary N) is 1. The molecule has 2 aromatic carbocycles. The van der Waals surface area contributed by atoms with Crippen LogP contribution in [0.3, 0.4) is 0 Å². The maximum Gasteiger partial charge on any atom is 0.263 e. The van der Waals surface area contributed by atoms with Crippen molar-refractivity contribution in [2.75, 3.05) is 18.2 Å². The minimum absolute atomic E-state index is 0.139. The predicted octanol–water partition coefficient (Wildman–Crippen LogP) is 5.67. The Labute approximate surface area is 236 Å². The zero-order valence-corrected chi connectivity index (χ0v) is 22.5. The summed E-state index contributed by atoms with van der Waals surface area (Å²) in [6.07, 6.45) is 6.79. The fourth-order valence-electron chi connectivity index (χ4n) is 5.00. The van der Waals surface area contributed by atoms with Gasteiger partial charge in [-0.1, -0.05) is 36.4 Å². The van der Waals surface area contributed by atoms with Crippen LogP contribution in [0.1, 0.15) is 18.7 Å². The first-order chi connectivity index (χ1) is 20.0. The third kappa shape index (κ3) is 4.96. The third-order valence-electron chi connectivity index (χ3n) is 6.94. The molecule has 6 aromatic rings. The number of fused-ring (bicyclic) bond motifs is 1. The van der Waals surface area contributed by atoms with Gasteiger partial charge in [0.05, 0.1) is 18.5 Å². The lowest BCUT2D eigenvalue weighted by atomic mass is 9.98. The van der Waals surface area contributed by atoms with E-state index in [1.807, 2.05) is 85.8 Å². The molecule has 0 saturated heterocycles. The molecule has 4 aromatic heterocycles. The predicted molar refractivity (Wildman–Crippen MR) is 161 cm³/mol. The van der Waals surface area contributed by atoms with E-state index in [0.29, 0.717) is 17.1 Å². The SMILES string of the molecule is COc1cc(-c2cccc3cc([C@H](C)Nc4nc(N)ncc4-c4ccncc4)n(-c4ccccc4)c(=O)c23)ccn1. The Morgan fingerprint density at radius 3 is 2.44 bits per heavy atom. The zero-order valence-electron chi connectivity index (χ0n) is 22.5. The molecule has 0 amide bonds. The number of benzene rings is 2. The number of nitrogen functional groups attached to an aromatic ring is 1. The van der Waals surface area contributed by atoms with Crippen LogP contribution in [0.5, 0.6) is 5.88 Å². The van der Waals surface area contributed by atoms with Crippen LogP contribution in [0, 0.1) is 0 Å². The summed E-state index contributed by atoms with van der Waals surface area (Å²) in [7, 11) is 1.57. The zero-order chi connectivity index (χ0) is 28.3. The lowest BCUT2D eigenvalue weighted by Gasteiger charge is -2.23. The molecule has 41 heavy (non-hydrogen) atoms. The molecule has 0 unspecified atom stereocenters. The van der Waals surface area contributed by atoms with E-state index < -0.39 is 0 Å². The molecule has 0 aliphatic rings. The molecule has 4 heterocycles. The van der Waals surface area contributed by atoms with E-state index >= 15 is 0 Å². The number of methoxy groups -OCH3 is 1. The Bertz CT molecular complexity index is 1910. The molecule has 0 fully saturated rings. The van der Waals surface area contributed by atoms with Crippen LogP contribution in [0.15, 0.2) is 108 Å². The molecule has 0 bridgehead atoms. The van der Waals surface area contributed by atoms with Crippen molar-refractivity contribution in [3.63, 3.8) is 0 Å². The van der Waals surface area contributed by atoms with Crippen LogP contribution in [0.2, 0.25) is 0 Å². The van der Waals surface area contributed by atoms with Crippen LogP contribution in [0.4, 0.5) is 11.8 Å². The maximum atomic E-state index is 14.4. The molecule has 0 spiro atoms. The summed E-state index contributed by atoms with van der Waals surface area (Å²) >= 11 is 0. The second kappa shape index (κ2) is 10.9. The number of anilines is 2. The maximum absolute atomic E-state index is 14.4. The van der Waals surface area contributed by atoms with Gasteiger partial charge in [0.25, 0.3) is 5.56 Å². The molecule has 9 nitrogen and oxygen atoms in total. The van der Waals surface area contributed by atoms with E-state index in [2.05, 4.69) is 25.3 Å². The number of aromatic nitrogens is 5. The molecule has 0 aliphatic heterocycles. The highest BCUT2D eigenvalue weighted by molar-refractivity contribution is 5.96. The van der Waals surface area contributed by atoms with Crippen molar-refractivity contribution in [2.24, 2.45) is 0 Å². The molecular weight excluding hydrogens is 514 g/mol. The van der Waals surface area contributed by atoms with Gasteiger partial charge in [0.2, 0.25) is 11.8 Å². The van der Waals surface area contributed by atoms with Crippen molar-refractivity contribution in [3.05, 3.63) is 120 Å². The average molecular weight is 542 g/mol. The van der Waals surface area contributed by atoms with Gasteiger partial charge in [-0.15, -0.1) is 0 Å². The van der Waals surface area contributed by atoms with Gasteiger partial charge in [0.15, 0.2) is 0 Å². The summed E-state index contributed by atoms with van der Waals surface area (Å²) in [5.41, 5.74) is 10.7. The smallest absolute Gasteiger partial charge is 0.263 e. The van der Waals surface area contributed by atoms with Gasteiger partial charge in [-0.25, -0.2) is 9.97 Å². The van der Waals surface area contributed by atoms with Crippen molar-refractivity contribution < 1.29 is 4.74 Å². The number of hydrogen-bond acceptors (Lipinski definition) is 8. The van der Waals surface area contributed by atoms with E-state index in [9.17, 15) is 4.79 Å². The van der Waals surface area contributed by atoms with E-state index in [1.165, 1.54) is 0 Å². The van der Waals surface area contributed by atoms with Crippen molar-refractivity contribution >= 4 is 22.5 Å². The van der Waals surface area contributed by atoms with Gasteiger partial charge in [0, 0.05) is 47.8 Å². The standard InChI is InChI=1S/C32H27N7O2/c1-20(37-30-26(19-36-32(33)38-30)21-11-14-34-15-12-21)27-17-23-7-6-10-25(22-13-16-35-28(18-22)41-2)29(23)31(40)39(27)24-8-4-3-5-9-24/h3-20H,1-2H3,(H3,33,36,37,38)/t20-/m0/s1. The molecular formula is C32H27N7O2. The molecule has 1 atom stereocenters. The highest BCUT2D eigenvalue weighted by atomic mass is 16.5. The molecule has 3 N–H and O–H groups in total. The van der Waals surface area contributed by atoms with Crippen LogP contribution in [0.25, 0.3) is 38.7 Å². The van der Waals surface area contributed by atoms with Gasteiger partial charge in [-0.2, -0.15) is 4.98 Å². The third-order valence-corrected chi connectivity index (χ3v) is 6.94. The van der Waals surface area contributed by atoms with Crippen molar-refractivity contribution in [1.29, 1.82) is 0 Å². The Balaban J connectivity index is 1.54. The first-order valence-electron chi connectivity index (χ1n) is 13.1. The number of ether oxygens (including phenoxy) is 1. The van der Waals surface area contributed by atoms with Gasteiger partial charge in [0.1, 0.15) is 5.82 Å². The normalized spacial score (nSPS) is 11.8. The highest BCUT2D eigenvalue weighted by Gasteiger charge is 2.20. The van der Waals surface area contributed by atoms with E-state index in [0.717, 1.165) is 39.0 Å². The van der Waals surface area contributed by atoms with Crippen molar-refractivity contribution in [3.8, 4) is 33.8 Å². The van der Waals surface area contributed by atoms with E-state index in [-0.39, 0.29) is 17.5 Å². The number of rotatable bonds is 7. The first kappa shape index (κ1) is 25.7. The van der Waals surface area contributed by atoms with Crippen LogP contribution in [-0.2, 0) is 0 Å². The number of nitrogens with two attached hydrogens (primary N) is 1. The Morgan fingerprint density at radius 1 is 0.878 bits per heavy atom. The van der Waals surface area contributed by atoms with Gasteiger partial charge in [-0.05, 0) is 65.4 Å². The Kier molecular flexibility index (Phi) is 6.83. The number of para-hydroxylation sites is 1. The second-order valence-electron chi connectivity index (χ2n) is 9.49. The molecule has 9 heteroatoms. The molecule has 0 radical (unpaired) electrons. The minimum Gasteiger partial charge on any atom is -0.481 e. The summed E-state index contributed by atoms with van der Waals surface area (Å²) in [5.74, 6) is 1.18. The van der Waals surface area contributed by atoms with Crippen LogP contribution < -0.4 is 21.3 Å².